The maximum absolute atomic E-state index is 12.9. The largest absolute Gasteiger partial charge is 0.391 e. The summed E-state index contributed by atoms with van der Waals surface area (Å²) in [6.45, 7) is 5.33. The molecular weight excluding hydrogens is 423 g/mol. The number of hydrogen-bond donors (Lipinski definition) is 3. The van der Waals surface area contributed by atoms with Crippen molar-refractivity contribution in [1.82, 2.24) is 20.2 Å². The molecule has 0 radical (unpaired) electrons. The van der Waals surface area contributed by atoms with Crippen LogP contribution < -0.4 is 5.32 Å². The van der Waals surface area contributed by atoms with Gasteiger partial charge in [0, 0.05) is 28.7 Å². The van der Waals surface area contributed by atoms with Crippen molar-refractivity contribution in [2.24, 2.45) is 0 Å². The fourth-order valence-electron chi connectivity index (χ4n) is 3.97. The number of hydrogen-bond acceptors (Lipinski definition) is 4. The minimum Gasteiger partial charge on any atom is -0.391 e. The van der Waals surface area contributed by atoms with Gasteiger partial charge in [-0.05, 0) is 49.6 Å². The third-order valence-corrected chi connectivity index (χ3v) is 6.53. The maximum atomic E-state index is 12.9. The highest BCUT2D eigenvalue weighted by Gasteiger charge is 2.38. The number of nitrogens with zero attached hydrogens (tertiary/aromatic N) is 2. The number of H-pyrrole nitrogens is 1. The minimum absolute atomic E-state index is 0.239. The number of imidazole rings is 1. The van der Waals surface area contributed by atoms with Gasteiger partial charge in [-0.1, -0.05) is 35.3 Å². The number of nitrogens with one attached hydrogen (secondary N) is 2. The van der Waals surface area contributed by atoms with E-state index in [0.29, 0.717) is 35.4 Å². The number of amides is 1. The monoisotopic (exact) mass is 446 g/mol. The van der Waals surface area contributed by atoms with Crippen LogP contribution in [0, 0.1) is 13.8 Å². The van der Waals surface area contributed by atoms with Crippen LogP contribution in [0.3, 0.4) is 0 Å². The summed E-state index contributed by atoms with van der Waals surface area (Å²) < 4.78 is 0. The van der Waals surface area contributed by atoms with Gasteiger partial charge in [0.05, 0.1) is 23.7 Å². The Morgan fingerprint density at radius 3 is 2.73 bits per heavy atom. The van der Waals surface area contributed by atoms with Crippen molar-refractivity contribution in [2.45, 2.75) is 45.5 Å². The number of aromatic nitrogens is 2. The third-order valence-electron chi connectivity index (χ3n) is 5.82. The number of likely N-dealkylation sites (tertiary alicyclic amines) is 1. The number of fused-ring (bicyclic) bond motifs is 1. The smallest absolute Gasteiger partial charge is 0.240 e. The normalized spacial score (nSPS) is 19.5. The Labute approximate surface area is 185 Å². The van der Waals surface area contributed by atoms with Crippen LogP contribution in [-0.4, -0.2) is 44.6 Å². The Morgan fingerprint density at radius 2 is 2.00 bits per heavy atom. The topological polar surface area (TPSA) is 81.2 Å². The number of aromatic amines is 1. The van der Waals surface area contributed by atoms with E-state index in [9.17, 15) is 9.90 Å². The van der Waals surface area contributed by atoms with E-state index in [4.69, 9.17) is 23.2 Å². The van der Waals surface area contributed by atoms with Crippen LogP contribution in [0.2, 0.25) is 10.0 Å². The molecule has 2 atom stereocenters. The molecule has 8 heteroatoms. The van der Waals surface area contributed by atoms with Crippen LogP contribution in [0.1, 0.15) is 28.9 Å². The summed E-state index contributed by atoms with van der Waals surface area (Å²) in [4.78, 5) is 22.7. The van der Waals surface area contributed by atoms with Gasteiger partial charge >= 0.3 is 0 Å². The van der Waals surface area contributed by atoms with Crippen LogP contribution in [0.15, 0.2) is 30.3 Å². The zero-order valence-corrected chi connectivity index (χ0v) is 18.4. The first-order valence-corrected chi connectivity index (χ1v) is 10.7. The minimum atomic E-state index is -0.744. The third kappa shape index (κ3) is 4.05. The quantitative estimate of drug-likeness (QED) is 0.557. The van der Waals surface area contributed by atoms with Gasteiger partial charge in [-0.15, -0.1) is 0 Å². The second-order valence-electron chi connectivity index (χ2n) is 7.78. The van der Waals surface area contributed by atoms with Crippen LogP contribution in [0.25, 0.3) is 11.0 Å². The van der Waals surface area contributed by atoms with Crippen LogP contribution in [-0.2, 0) is 17.9 Å². The van der Waals surface area contributed by atoms with Gasteiger partial charge in [0.2, 0.25) is 5.91 Å². The molecule has 1 aliphatic heterocycles. The molecule has 3 aromatic rings. The molecule has 2 unspecified atom stereocenters. The molecule has 1 amide bonds. The molecule has 0 saturated carbocycles. The lowest BCUT2D eigenvalue weighted by atomic mass is 10.1. The van der Waals surface area contributed by atoms with Gasteiger partial charge in [-0.3, -0.25) is 9.69 Å². The van der Waals surface area contributed by atoms with Gasteiger partial charge in [-0.2, -0.15) is 0 Å². The average Bonchev–Trinajstić information content (AvgIpc) is 3.29. The molecule has 0 bridgehead atoms. The summed E-state index contributed by atoms with van der Waals surface area (Å²) in [5, 5.41) is 14.4. The van der Waals surface area contributed by atoms with E-state index in [2.05, 4.69) is 15.3 Å². The number of aryl methyl sites for hydroxylation is 2. The first-order chi connectivity index (χ1) is 14.3. The van der Waals surface area contributed by atoms with E-state index in [-0.39, 0.29) is 12.5 Å². The Kier molecular flexibility index (Phi) is 6.02. The first kappa shape index (κ1) is 21.1. The fraction of sp³-hybridized carbons (Fsp3) is 0.364. The number of rotatable bonds is 5. The second kappa shape index (κ2) is 8.55. The van der Waals surface area contributed by atoms with Crippen LogP contribution >= 0.6 is 23.2 Å². The van der Waals surface area contributed by atoms with Crippen molar-refractivity contribution < 1.29 is 9.90 Å². The molecule has 158 valence electrons. The van der Waals surface area contributed by atoms with Gasteiger partial charge in [0.15, 0.2) is 0 Å². The molecule has 0 spiro atoms. The van der Waals surface area contributed by atoms with Crippen molar-refractivity contribution >= 4 is 40.1 Å². The summed E-state index contributed by atoms with van der Waals surface area (Å²) in [5.41, 5.74) is 4.91. The van der Waals surface area contributed by atoms with Crippen molar-refractivity contribution in [3.8, 4) is 0 Å². The maximum Gasteiger partial charge on any atom is 0.240 e. The Bertz CT molecular complexity index is 1080. The fourth-order valence-corrected chi connectivity index (χ4v) is 4.48. The first-order valence-electron chi connectivity index (χ1n) is 9.92. The standard InChI is InChI=1S/C22H24Cl2N4O2/c1-12-6-7-17-20(13(12)2)27-19(26-17)10-25-22(30)21-18(29)8-9-28(21)11-14-15(23)4-3-5-16(14)24/h3-7,18,21,29H,8-11H2,1-2H3,(H,25,30)(H,26,27). The van der Waals surface area contributed by atoms with E-state index < -0.39 is 12.1 Å². The second-order valence-corrected chi connectivity index (χ2v) is 8.59. The van der Waals surface area contributed by atoms with Gasteiger partial charge in [0.1, 0.15) is 11.9 Å². The average molecular weight is 447 g/mol. The highest BCUT2D eigenvalue weighted by Crippen LogP contribution is 2.29. The lowest BCUT2D eigenvalue weighted by Crippen LogP contribution is -2.47. The predicted molar refractivity (Wildman–Crippen MR) is 119 cm³/mol. The van der Waals surface area contributed by atoms with Crippen molar-refractivity contribution in [1.29, 1.82) is 0 Å². The molecule has 1 saturated heterocycles. The number of carbonyl (C=O) groups excluding carboxylic acids is 1. The molecule has 1 fully saturated rings. The molecule has 2 heterocycles. The van der Waals surface area contributed by atoms with Crippen molar-refractivity contribution in [3.63, 3.8) is 0 Å². The van der Waals surface area contributed by atoms with Gasteiger partial charge in [-0.25, -0.2) is 4.98 Å². The number of aliphatic hydroxyl groups is 1. The van der Waals surface area contributed by atoms with Crippen LogP contribution in [0.4, 0.5) is 0 Å². The highest BCUT2D eigenvalue weighted by atomic mass is 35.5. The molecule has 30 heavy (non-hydrogen) atoms. The highest BCUT2D eigenvalue weighted by molar-refractivity contribution is 6.35. The summed E-state index contributed by atoms with van der Waals surface area (Å²) in [6.07, 6.45) is -0.227. The zero-order chi connectivity index (χ0) is 21.4. The number of benzene rings is 2. The van der Waals surface area contributed by atoms with Gasteiger partial charge in [0.25, 0.3) is 0 Å². The Hall–Kier alpha value is -2.12. The molecule has 1 aromatic heterocycles. The van der Waals surface area contributed by atoms with E-state index in [1.54, 1.807) is 18.2 Å². The number of aliphatic hydroxyl groups excluding tert-OH is 1. The summed E-state index contributed by atoms with van der Waals surface area (Å²) in [7, 11) is 0. The molecule has 6 nitrogen and oxygen atoms in total. The molecular formula is C22H24Cl2N4O2. The number of carbonyl (C=O) groups is 1. The van der Waals surface area contributed by atoms with Crippen LogP contribution in [0.5, 0.6) is 0 Å². The molecule has 1 aliphatic rings. The summed E-state index contributed by atoms with van der Waals surface area (Å²) >= 11 is 12.6. The summed E-state index contributed by atoms with van der Waals surface area (Å²) in [6, 6.07) is 8.71. The van der Waals surface area contributed by atoms with Crippen molar-refractivity contribution in [2.75, 3.05) is 6.54 Å². The lowest BCUT2D eigenvalue weighted by molar-refractivity contribution is -0.128. The molecule has 2 aromatic carbocycles. The van der Waals surface area contributed by atoms with Crippen molar-refractivity contribution in [3.05, 3.63) is 62.9 Å². The molecule has 0 aliphatic carbocycles. The molecule has 3 N–H and O–H groups in total. The SMILES string of the molecule is Cc1ccc2[nH]c(CNC(=O)C3C(O)CCN3Cc3c(Cl)cccc3Cl)nc2c1C. The zero-order valence-electron chi connectivity index (χ0n) is 16.9. The Balaban J connectivity index is 1.47. The molecule has 4 rings (SSSR count). The van der Waals surface area contributed by atoms with E-state index in [1.807, 2.05) is 30.9 Å². The lowest BCUT2D eigenvalue weighted by Gasteiger charge is -2.26. The summed E-state index contributed by atoms with van der Waals surface area (Å²) in [5.74, 6) is 0.441. The van der Waals surface area contributed by atoms with Gasteiger partial charge < -0.3 is 15.4 Å². The Morgan fingerprint density at radius 1 is 1.27 bits per heavy atom. The number of halogens is 2. The van der Waals surface area contributed by atoms with E-state index in [0.717, 1.165) is 22.2 Å². The van der Waals surface area contributed by atoms with E-state index in [1.165, 1.54) is 5.56 Å². The predicted octanol–water partition coefficient (Wildman–Crippen LogP) is 3.74. The van der Waals surface area contributed by atoms with E-state index >= 15 is 0 Å².